The molecule has 0 unspecified atom stereocenters. The Labute approximate surface area is 82.6 Å². The number of hydrogen-bond donors (Lipinski definition) is 0. The molecule has 1 aromatic carbocycles. The van der Waals surface area contributed by atoms with E-state index in [2.05, 4.69) is 0 Å². The van der Waals surface area contributed by atoms with Crippen molar-refractivity contribution in [2.75, 3.05) is 14.2 Å². The molecule has 0 saturated carbocycles. The zero-order valence-electron chi connectivity index (χ0n) is 7.46. The van der Waals surface area contributed by atoms with Gasteiger partial charge in [-0.25, -0.2) is 0 Å². The fourth-order valence-electron chi connectivity index (χ4n) is 1.08. The van der Waals surface area contributed by atoms with Crippen LogP contribution in [0.15, 0.2) is 18.2 Å². The Morgan fingerprint density at radius 2 is 2.00 bits per heavy atom. The molecule has 0 saturated heterocycles. The van der Waals surface area contributed by atoms with Crippen LogP contribution in [0.25, 0.3) is 0 Å². The second-order valence-electron chi connectivity index (χ2n) is 2.43. The van der Waals surface area contributed by atoms with Crippen molar-refractivity contribution in [2.24, 2.45) is 0 Å². The number of ether oxygens (including phenoxy) is 2. The number of benzene rings is 1. The Balaban J connectivity index is 3.02. The minimum atomic E-state index is 0.902. The van der Waals surface area contributed by atoms with Crippen LogP contribution in [0, 0.1) is 0 Å². The van der Waals surface area contributed by atoms with Crippen LogP contribution in [-0.4, -0.2) is 14.2 Å². The molecule has 0 fully saturated rings. The Morgan fingerprint density at radius 3 is 2.50 bits per heavy atom. The second kappa shape index (κ2) is 4.46. The first kappa shape index (κ1) is 9.53. The van der Waals surface area contributed by atoms with Gasteiger partial charge in [-0.15, -0.1) is 0 Å². The van der Waals surface area contributed by atoms with Crippen LogP contribution in [0.5, 0.6) is 11.5 Å². The summed E-state index contributed by atoms with van der Waals surface area (Å²) in [4.78, 5) is 0. The molecule has 3 heteroatoms. The summed E-state index contributed by atoms with van der Waals surface area (Å²) < 4.78 is 10.3. The third-order valence-corrected chi connectivity index (χ3v) is 2.89. The monoisotopic (exact) mass is 215 g/mol. The molecule has 12 heavy (non-hydrogen) atoms. The van der Waals surface area contributed by atoms with Gasteiger partial charge in [0.2, 0.25) is 0 Å². The van der Waals surface area contributed by atoms with Gasteiger partial charge in [-0.05, 0) is 0 Å². The zero-order valence-corrected chi connectivity index (χ0v) is 10.4. The van der Waals surface area contributed by atoms with Crippen LogP contribution in [-0.2, 0) is 23.3 Å². The third kappa shape index (κ3) is 1.98. The molecule has 0 amide bonds. The van der Waals surface area contributed by atoms with Crippen LogP contribution < -0.4 is 9.47 Å². The molecule has 0 aliphatic rings. The molecule has 0 aromatic heterocycles. The van der Waals surface area contributed by atoms with Crippen LogP contribution in [0.1, 0.15) is 5.56 Å². The standard InChI is InChI=1S/C9H11O2.Zn/c1-7-6-8(10-2)4-5-9(7)11-3;/h4-6H,1H2,2-3H3;. The summed E-state index contributed by atoms with van der Waals surface area (Å²) in [5.74, 6) is 1.86. The van der Waals surface area contributed by atoms with Gasteiger partial charge in [0.25, 0.3) is 0 Å². The minimum absolute atomic E-state index is 0.902. The molecule has 0 atom stereocenters. The van der Waals surface area contributed by atoms with Gasteiger partial charge >= 0.3 is 82.3 Å². The van der Waals surface area contributed by atoms with E-state index in [-0.39, 0.29) is 0 Å². The van der Waals surface area contributed by atoms with E-state index in [9.17, 15) is 0 Å². The van der Waals surface area contributed by atoms with Crippen LogP contribution in [0.3, 0.4) is 0 Å². The van der Waals surface area contributed by atoms with Crippen molar-refractivity contribution in [3.63, 3.8) is 0 Å². The number of rotatable bonds is 3. The average molecular weight is 217 g/mol. The van der Waals surface area contributed by atoms with Gasteiger partial charge in [0.05, 0.1) is 0 Å². The first-order valence-corrected chi connectivity index (χ1v) is 5.91. The Kier molecular flexibility index (Phi) is 3.55. The van der Waals surface area contributed by atoms with Gasteiger partial charge in [0, 0.05) is 0 Å². The molecule has 0 radical (unpaired) electrons. The molecule has 0 bridgehead atoms. The fourth-order valence-corrected chi connectivity index (χ4v) is 1.90. The fraction of sp³-hybridized carbons (Fsp3) is 0.333. The number of hydrogen-bond acceptors (Lipinski definition) is 2. The van der Waals surface area contributed by atoms with E-state index < -0.39 is 0 Å². The predicted octanol–water partition coefficient (Wildman–Crippen LogP) is 1.75. The van der Waals surface area contributed by atoms with Crippen molar-refractivity contribution in [1.29, 1.82) is 0 Å². The van der Waals surface area contributed by atoms with Crippen LogP contribution >= 0.6 is 0 Å². The molecule has 0 heterocycles. The molecule has 61 valence electrons. The van der Waals surface area contributed by atoms with Crippen LogP contribution in [0.4, 0.5) is 0 Å². The summed E-state index contributed by atoms with van der Waals surface area (Å²) in [6.45, 7) is 0. The quantitative estimate of drug-likeness (QED) is 0.717. The third-order valence-electron chi connectivity index (χ3n) is 1.76. The molecule has 0 aliphatic carbocycles. The van der Waals surface area contributed by atoms with E-state index in [1.165, 1.54) is 23.9 Å². The van der Waals surface area contributed by atoms with Crippen molar-refractivity contribution in [3.05, 3.63) is 23.8 Å². The average Bonchev–Trinajstić information content (AvgIpc) is 2.16. The molecule has 1 rings (SSSR count). The molecule has 0 spiro atoms. The summed E-state index contributed by atoms with van der Waals surface area (Å²) in [6.07, 6.45) is 0. The maximum atomic E-state index is 5.20. The van der Waals surface area contributed by atoms with Crippen molar-refractivity contribution in [3.8, 4) is 11.5 Å². The van der Waals surface area contributed by atoms with E-state index >= 15 is 0 Å². The molecule has 0 N–H and O–H groups in total. The van der Waals surface area contributed by atoms with Crippen molar-refractivity contribution in [1.82, 2.24) is 0 Å². The summed E-state index contributed by atoms with van der Waals surface area (Å²) in [7, 11) is 3.37. The first-order chi connectivity index (χ1) is 5.81. The van der Waals surface area contributed by atoms with Crippen molar-refractivity contribution < 1.29 is 27.8 Å². The summed E-state index contributed by atoms with van der Waals surface area (Å²) in [5.41, 5.74) is 1.23. The van der Waals surface area contributed by atoms with Gasteiger partial charge in [-0.2, -0.15) is 0 Å². The zero-order chi connectivity index (χ0) is 8.97. The van der Waals surface area contributed by atoms with Gasteiger partial charge in [0.1, 0.15) is 0 Å². The van der Waals surface area contributed by atoms with E-state index in [1.54, 1.807) is 14.2 Å². The van der Waals surface area contributed by atoms with Gasteiger partial charge in [-0.1, -0.05) is 0 Å². The Morgan fingerprint density at radius 1 is 1.25 bits per heavy atom. The van der Waals surface area contributed by atoms with Gasteiger partial charge in [-0.3, -0.25) is 0 Å². The van der Waals surface area contributed by atoms with E-state index in [0.29, 0.717) is 0 Å². The van der Waals surface area contributed by atoms with E-state index in [1.807, 2.05) is 18.2 Å². The van der Waals surface area contributed by atoms with E-state index in [4.69, 9.17) is 9.47 Å². The van der Waals surface area contributed by atoms with Gasteiger partial charge in [0.15, 0.2) is 0 Å². The molecule has 1 aromatic rings. The SMILES string of the molecule is COc1ccc(OC)c([CH2][Zn])c1. The second-order valence-corrected chi connectivity index (χ2v) is 3.48. The summed E-state index contributed by atoms with van der Waals surface area (Å²) in [5, 5.41) is 1.08. The predicted molar refractivity (Wildman–Crippen MR) is 43.3 cm³/mol. The summed E-state index contributed by atoms with van der Waals surface area (Å²) >= 11 is 1.24. The van der Waals surface area contributed by atoms with Crippen molar-refractivity contribution >= 4 is 0 Å². The normalized spacial score (nSPS) is 9.67. The van der Waals surface area contributed by atoms with Gasteiger partial charge < -0.3 is 0 Å². The number of methoxy groups -OCH3 is 2. The maximum absolute atomic E-state index is 5.20. The topological polar surface area (TPSA) is 18.5 Å². The van der Waals surface area contributed by atoms with Crippen LogP contribution in [0.2, 0.25) is 0 Å². The molecule has 2 nitrogen and oxygen atoms in total. The molecular formula is C9H11O2Zn. The Bertz CT molecular complexity index is 261. The van der Waals surface area contributed by atoms with Crippen molar-refractivity contribution in [2.45, 2.75) is 5.02 Å². The Hall–Kier alpha value is -0.557. The molecule has 0 aliphatic heterocycles. The van der Waals surface area contributed by atoms with E-state index in [0.717, 1.165) is 16.5 Å². The molecular weight excluding hydrogens is 205 g/mol. The first-order valence-electron chi connectivity index (χ1n) is 3.82. The summed E-state index contributed by atoms with van der Waals surface area (Å²) in [6, 6.07) is 5.89.